The zero-order valence-electron chi connectivity index (χ0n) is 27.2. The molecule has 51 heavy (non-hydrogen) atoms. The zero-order valence-corrected chi connectivity index (χ0v) is 28.1. The van der Waals surface area contributed by atoms with Gasteiger partial charge in [0.2, 0.25) is 41.4 Å². The quantitative estimate of drug-likeness (QED) is 0.0189. The Morgan fingerprint density at radius 1 is 0.647 bits per heavy atom. The van der Waals surface area contributed by atoms with Crippen LogP contribution < -0.4 is 54.8 Å². The fourth-order valence-corrected chi connectivity index (χ4v) is 4.04. The van der Waals surface area contributed by atoms with Crippen molar-refractivity contribution in [1.82, 2.24) is 31.9 Å². The van der Waals surface area contributed by atoms with Crippen LogP contribution in [0.25, 0.3) is 0 Å². The van der Waals surface area contributed by atoms with Gasteiger partial charge in [-0.25, -0.2) is 4.79 Å². The third kappa shape index (κ3) is 19.2. The van der Waals surface area contributed by atoms with Gasteiger partial charge in [0.15, 0.2) is 5.96 Å². The minimum atomic E-state index is -1.95. The van der Waals surface area contributed by atoms with Crippen molar-refractivity contribution >= 4 is 77.8 Å². The van der Waals surface area contributed by atoms with Crippen LogP contribution in [0.4, 0.5) is 0 Å². The van der Waals surface area contributed by atoms with Crippen LogP contribution in [0.5, 0.6) is 0 Å². The zero-order chi connectivity index (χ0) is 39.4. The summed E-state index contributed by atoms with van der Waals surface area (Å²) in [6, 6.07) is -9.47. The normalized spacial score (nSPS) is 14.0. The maximum Gasteiger partial charge on any atom is 0.327 e. The van der Waals surface area contributed by atoms with Gasteiger partial charge in [-0.3, -0.25) is 48.1 Å². The molecule has 286 valence electrons. The lowest BCUT2D eigenvalue weighted by atomic mass is 10.1. The number of carboxylic acid groups (broad SMARTS) is 3. The maximum absolute atomic E-state index is 13.0. The highest BCUT2D eigenvalue weighted by Gasteiger charge is 2.33. The molecule has 0 fully saturated rings. The largest absolute Gasteiger partial charge is 0.481 e. The molecule has 25 heteroatoms. The van der Waals surface area contributed by atoms with Crippen molar-refractivity contribution in [3.8, 4) is 0 Å². The molecular weight excluding hydrogens is 706 g/mol. The van der Waals surface area contributed by atoms with E-state index in [1.54, 1.807) is 0 Å². The van der Waals surface area contributed by atoms with E-state index in [9.17, 15) is 53.1 Å². The molecule has 0 aliphatic rings. The number of thiol groups is 1. The molecule has 0 unspecified atom stereocenters. The lowest BCUT2D eigenvalue weighted by Crippen LogP contribution is -2.58. The SMILES string of the molecule is C[C@H](N)C(=O)N[C@@H](CCCN=C(N)N)C(=O)N[C@@H](CC(N)=O)C(=O)NCC(=O)N[C@@H](CC(=O)O)C(=O)N[C@@H](CC(=O)O)C(=O)N[C@@H](CS)C(=O)O. The molecule has 0 aliphatic heterocycles. The van der Waals surface area contributed by atoms with Gasteiger partial charge < -0.3 is 70.2 Å². The first-order valence-electron chi connectivity index (χ1n) is 14.8. The Kier molecular flexibility index (Phi) is 20.3. The number of nitrogens with two attached hydrogens (primary N) is 4. The Morgan fingerprint density at radius 2 is 1.10 bits per heavy atom. The highest BCUT2D eigenvalue weighted by atomic mass is 32.1. The molecule has 6 atom stereocenters. The van der Waals surface area contributed by atoms with Crippen LogP contribution in [-0.2, 0) is 47.9 Å². The summed E-state index contributed by atoms with van der Waals surface area (Å²) in [6.07, 6.45) is -2.83. The van der Waals surface area contributed by atoms with E-state index in [1.807, 2.05) is 16.0 Å². The second-order valence-corrected chi connectivity index (χ2v) is 11.1. The number of nitrogens with zero attached hydrogens (tertiary/aromatic N) is 1. The third-order valence-corrected chi connectivity index (χ3v) is 6.66. The minimum absolute atomic E-state index is 0.0499. The van der Waals surface area contributed by atoms with E-state index in [2.05, 4.69) is 33.6 Å². The number of primary amides is 1. The molecule has 0 aromatic carbocycles. The van der Waals surface area contributed by atoms with E-state index < -0.39 is 127 Å². The summed E-state index contributed by atoms with van der Waals surface area (Å²) in [5.74, 6) is -13.1. The van der Waals surface area contributed by atoms with Gasteiger partial charge in [0, 0.05) is 12.3 Å². The van der Waals surface area contributed by atoms with Gasteiger partial charge in [-0.15, -0.1) is 0 Å². The van der Waals surface area contributed by atoms with Gasteiger partial charge in [0.05, 0.1) is 31.8 Å². The van der Waals surface area contributed by atoms with E-state index >= 15 is 0 Å². The fraction of sp³-hybridized carbons (Fsp3) is 0.577. The van der Waals surface area contributed by atoms with Gasteiger partial charge in [-0.05, 0) is 19.8 Å². The Labute approximate surface area is 295 Å². The van der Waals surface area contributed by atoms with Crippen molar-refractivity contribution in [2.24, 2.45) is 27.9 Å². The first-order valence-corrected chi connectivity index (χ1v) is 15.5. The summed E-state index contributed by atoms with van der Waals surface area (Å²) < 4.78 is 0. The van der Waals surface area contributed by atoms with Crippen molar-refractivity contribution in [2.75, 3.05) is 18.8 Å². The predicted octanol–water partition coefficient (Wildman–Crippen LogP) is -7.23. The van der Waals surface area contributed by atoms with Crippen molar-refractivity contribution < 1.29 is 63.3 Å². The predicted molar refractivity (Wildman–Crippen MR) is 176 cm³/mol. The van der Waals surface area contributed by atoms with Crippen LogP contribution in [0.15, 0.2) is 4.99 Å². The molecule has 0 aliphatic carbocycles. The van der Waals surface area contributed by atoms with Crippen LogP contribution in [0.3, 0.4) is 0 Å². The van der Waals surface area contributed by atoms with E-state index in [0.717, 1.165) is 0 Å². The van der Waals surface area contributed by atoms with Crippen LogP contribution in [0, 0.1) is 0 Å². The molecule has 0 saturated carbocycles. The molecule has 0 heterocycles. The summed E-state index contributed by atoms with van der Waals surface area (Å²) in [6.45, 7) is 0.434. The summed E-state index contributed by atoms with van der Waals surface area (Å²) in [4.78, 5) is 125. The van der Waals surface area contributed by atoms with E-state index in [4.69, 9.17) is 33.1 Å². The number of rotatable bonds is 24. The maximum atomic E-state index is 13.0. The average Bonchev–Trinajstić information content (AvgIpc) is 3.01. The fourth-order valence-electron chi connectivity index (χ4n) is 3.79. The smallest absolute Gasteiger partial charge is 0.327 e. The van der Waals surface area contributed by atoms with Gasteiger partial charge >= 0.3 is 17.9 Å². The number of hydrogen-bond donors (Lipinski definition) is 14. The Bertz CT molecular complexity index is 1360. The summed E-state index contributed by atoms with van der Waals surface area (Å²) >= 11 is 3.76. The number of nitrogens with one attached hydrogen (secondary N) is 6. The summed E-state index contributed by atoms with van der Waals surface area (Å²) in [5, 5.41) is 40.1. The second-order valence-electron chi connectivity index (χ2n) is 10.7. The first-order chi connectivity index (χ1) is 23.7. The van der Waals surface area contributed by atoms with Crippen molar-refractivity contribution in [1.29, 1.82) is 0 Å². The summed E-state index contributed by atoms with van der Waals surface area (Å²) in [5.41, 5.74) is 21.3. The van der Waals surface area contributed by atoms with E-state index in [1.165, 1.54) is 6.92 Å². The number of amides is 7. The van der Waals surface area contributed by atoms with Crippen LogP contribution in [-0.4, -0.2) is 136 Å². The van der Waals surface area contributed by atoms with Crippen LogP contribution in [0.1, 0.15) is 39.0 Å². The molecule has 0 aromatic heterocycles. The number of carboxylic acids is 3. The Morgan fingerprint density at radius 3 is 1.53 bits per heavy atom. The van der Waals surface area contributed by atoms with E-state index in [0.29, 0.717) is 0 Å². The molecule has 0 bridgehead atoms. The lowest BCUT2D eigenvalue weighted by molar-refractivity contribution is -0.144. The number of aliphatic carboxylic acids is 3. The standard InChI is InChI=1S/C26H43N11O13S/c1-10(27)20(44)34-11(3-2-4-31-26(29)30)22(46)35-12(5-16(28)38)21(45)32-8-17(39)33-13(6-18(40)41)23(47)36-14(7-19(42)43)24(48)37-15(9-51)25(49)50/h10-15,51H,2-9,27H2,1H3,(H2,28,38)(H,32,45)(H,33,39)(H,34,44)(H,35,46)(H,36,47)(H,37,48)(H,40,41)(H,42,43)(H,49,50)(H4,29,30,31)/t10-,11-,12-,13-,14-,15-/m0/s1. The molecule has 7 amide bonds. The summed E-state index contributed by atoms with van der Waals surface area (Å²) in [7, 11) is 0. The Balaban J connectivity index is 5.78. The van der Waals surface area contributed by atoms with Crippen molar-refractivity contribution in [3.63, 3.8) is 0 Å². The molecular formula is C26H43N11O13S. The molecule has 0 rings (SSSR count). The van der Waals surface area contributed by atoms with Gasteiger partial charge in [0.25, 0.3) is 0 Å². The number of aliphatic imine (C=N–C) groups is 1. The van der Waals surface area contributed by atoms with Crippen molar-refractivity contribution in [2.45, 2.75) is 75.3 Å². The molecule has 24 nitrogen and oxygen atoms in total. The first kappa shape index (κ1) is 45.3. The number of guanidine groups is 1. The topological polar surface area (TPSA) is 420 Å². The van der Waals surface area contributed by atoms with Gasteiger partial charge in [-0.1, -0.05) is 0 Å². The highest BCUT2D eigenvalue weighted by Crippen LogP contribution is 2.03. The Hall–Kier alpha value is -5.72. The average molecular weight is 750 g/mol. The molecule has 0 spiro atoms. The molecule has 17 N–H and O–H groups in total. The van der Waals surface area contributed by atoms with Gasteiger partial charge in [-0.2, -0.15) is 12.6 Å². The van der Waals surface area contributed by atoms with E-state index in [-0.39, 0.29) is 25.3 Å². The lowest BCUT2D eigenvalue weighted by Gasteiger charge is -2.24. The number of hydrogen-bond acceptors (Lipinski definition) is 13. The molecule has 0 saturated heterocycles. The third-order valence-electron chi connectivity index (χ3n) is 6.29. The van der Waals surface area contributed by atoms with Crippen LogP contribution in [0.2, 0.25) is 0 Å². The monoisotopic (exact) mass is 749 g/mol. The van der Waals surface area contributed by atoms with Crippen LogP contribution >= 0.6 is 12.6 Å². The highest BCUT2D eigenvalue weighted by molar-refractivity contribution is 7.80. The number of carbonyl (C=O) groups is 10. The second kappa shape index (κ2) is 22.8. The van der Waals surface area contributed by atoms with Gasteiger partial charge in [0.1, 0.15) is 30.2 Å². The van der Waals surface area contributed by atoms with Crippen molar-refractivity contribution in [3.05, 3.63) is 0 Å². The molecule has 0 aromatic rings. The number of carbonyl (C=O) groups excluding carboxylic acids is 7. The minimum Gasteiger partial charge on any atom is -0.481 e. The molecule has 0 radical (unpaired) electrons.